The molecule has 15 heavy (non-hydrogen) atoms. The van der Waals surface area contributed by atoms with Crippen LogP contribution < -0.4 is 5.48 Å². The minimum Gasteiger partial charge on any atom is -0.356 e. The maximum atomic E-state index is 11.2. The molecule has 0 bridgehead atoms. The molecule has 0 aromatic heterocycles. The summed E-state index contributed by atoms with van der Waals surface area (Å²) >= 11 is 5.71. The molecule has 5 heteroatoms. The average molecular weight is 230 g/mol. The summed E-state index contributed by atoms with van der Waals surface area (Å²) in [4.78, 5) is 15.9. The van der Waals surface area contributed by atoms with E-state index in [1.165, 1.54) is 7.11 Å². The standard InChI is InChI=1S/C10H12ClNO3/c1-14-7-15-12-10(13)6-8-2-4-9(11)5-3-8/h2-5H,6-7H2,1H3,(H,12,13). The number of hydroxylamine groups is 1. The zero-order valence-corrected chi connectivity index (χ0v) is 9.08. The lowest BCUT2D eigenvalue weighted by atomic mass is 10.1. The molecule has 4 nitrogen and oxygen atoms in total. The Morgan fingerprint density at radius 2 is 2.07 bits per heavy atom. The zero-order chi connectivity index (χ0) is 11.1. The molecule has 0 aliphatic carbocycles. The van der Waals surface area contributed by atoms with Gasteiger partial charge in [0.25, 0.3) is 0 Å². The first-order valence-electron chi connectivity index (χ1n) is 4.36. The fourth-order valence-corrected chi connectivity index (χ4v) is 1.12. The number of hydrogen-bond donors (Lipinski definition) is 1. The molecule has 1 aromatic carbocycles. The van der Waals surface area contributed by atoms with Crippen molar-refractivity contribution in [2.75, 3.05) is 13.9 Å². The summed E-state index contributed by atoms with van der Waals surface area (Å²) in [5.74, 6) is -0.227. The van der Waals surface area contributed by atoms with Crippen molar-refractivity contribution in [3.63, 3.8) is 0 Å². The Labute approximate surface area is 93.1 Å². The van der Waals surface area contributed by atoms with E-state index in [0.29, 0.717) is 5.02 Å². The van der Waals surface area contributed by atoms with Crippen molar-refractivity contribution in [3.05, 3.63) is 34.9 Å². The lowest BCUT2D eigenvalue weighted by Gasteiger charge is -2.04. The van der Waals surface area contributed by atoms with Gasteiger partial charge >= 0.3 is 0 Å². The van der Waals surface area contributed by atoms with E-state index in [1.807, 2.05) is 0 Å². The van der Waals surface area contributed by atoms with Gasteiger partial charge in [-0.05, 0) is 17.7 Å². The van der Waals surface area contributed by atoms with Gasteiger partial charge in [0, 0.05) is 12.1 Å². The summed E-state index contributed by atoms with van der Waals surface area (Å²) in [6.45, 7) is 0.0341. The van der Waals surface area contributed by atoms with Crippen molar-refractivity contribution in [2.45, 2.75) is 6.42 Å². The van der Waals surface area contributed by atoms with Gasteiger partial charge < -0.3 is 4.74 Å². The first kappa shape index (κ1) is 12.0. The molecule has 0 spiro atoms. The predicted molar refractivity (Wildman–Crippen MR) is 56.3 cm³/mol. The second-order valence-corrected chi connectivity index (χ2v) is 3.32. The van der Waals surface area contributed by atoms with Crippen molar-refractivity contribution in [2.24, 2.45) is 0 Å². The molecule has 1 rings (SSSR count). The normalized spacial score (nSPS) is 10.0. The second-order valence-electron chi connectivity index (χ2n) is 2.88. The lowest BCUT2D eigenvalue weighted by molar-refractivity contribution is -0.143. The van der Waals surface area contributed by atoms with Crippen LogP contribution in [0.3, 0.4) is 0 Å². The van der Waals surface area contributed by atoms with Gasteiger partial charge in [-0.15, -0.1) is 0 Å². The topological polar surface area (TPSA) is 47.6 Å². The van der Waals surface area contributed by atoms with E-state index >= 15 is 0 Å². The van der Waals surface area contributed by atoms with Crippen molar-refractivity contribution in [1.29, 1.82) is 0 Å². The van der Waals surface area contributed by atoms with Gasteiger partial charge in [-0.1, -0.05) is 23.7 Å². The van der Waals surface area contributed by atoms with Crippen LogP contribution in [0.25, 0.3) is 0 Å². The number of halogens is 1. The molecule has 0 aliphatic heterocycles. The monoisotopic (exact) mass is 229 g/mol. The van der Waals surface area contributed by atoms with Gasteiger partial charge in [0.05, 0.1) is 6.42 Å². The summed E-state index contributed by atoms with van der Waals surface area (Å²) in [6, 6.07) is 7.05. The largest absolute Gasteiger partial charge is 0.356 e. The molecular formula is C10H12ClNO3. The number of nitrogens with one attached hydrogen (secondary N) is 1. The minimum absolute atomic E-state index is 0.0341. The Hall–Kier alpha value is -1.10. The van der Waals surface area contributed by atoms with E-state index in [2.05, 4.69) is 10.2 Å². The molecule has 82 valence electrons. The summed E-state index contributed by atoms with van der Waals surface area (Å²) in [7, 11) is 1.48. The van der Waals surface area contributed by atoms with Crippen molar-refractivity contribution in [3.8, 4) is 0 Å². The van der Waals surface area contributed by atoms with E-state index in [-0.39, 0.29) is 19.1 Å². The highest BCUT2D eigenvalue weighted by molar-refractivity contribution is 6.30. The SMILES string of the molecule is COCONC(=O)Cc1ccc(Cl)cc1. The Bertz CT molecular complexity index is 313. The second kappa shape index (κ2) is 6.40. The van der Waals surface area contributed by atoms with Crippen LogP contribution in [0.5, 0.6) is 0 Å². The molecule has 0 unspecified atom stereocenters. The molecule has 0 radical (unpaired) electrons. The summed E-state index contributed by atoms with van der Waals surface area (Å²) in [6.07, 6.45) is 0.251. The van der Waals surface area contributed by atoms with E-state index in [0.717, 1.165) is 5.56 Å². The molecule has 1 aromatic rings. The Kier molecular flexibility index (Phi) is 5.10. The quantitative estimate of drug-likeness (QED) is 0.473. The van der Waals surface area contributed by atoms with Crippen LogP contribution >= 0.6 is 11.6 Å². The molecule has 1 amide bonds. The van der Waals surface area contributed by atoms with Gasteiger partial charge in [-0.2, -0.15) is 0 Å². The fourth-order valence-electron chi connectivity index (χ4n) is 0.993. The Morgan fingerprint density at radius 3 is 2.67 bits per heavy atom. The highest BCUT2D eigenvalue weighted by Gasteiger charge is 2.02. The number of ether oxygens (including phenoxy) is 1. The smallest absolute Gasteiger partial charge is 0.248 e. The maximum absolute atomic E-state index is 11.2. The average Bonchev–Trinajstić information content (AvgIpc) is 2.22. The van der Waals surface area contributed by atoms with Crippen molar-refractivity contribution < 1.29 is 14.4 Å². The highest BCUT2D eigenvalue weighted by atomic mass is 35.5. The summed E-state index contributed by atoms with van der Waals surface area (Å²) in [5.41, 5.74) is 3.12. The number of carbonyl (C=O) groups excluding carboxylic acids is 1. The van der Waals surface area contributed by atoms with Crippen LogP contribution in [-0.2, 0) is 20.8 Å². The number of amides is 1. The third-order valence-electron chi connectivity index (χ3n) is 1.64. The van der Waals surface area contributed by atoms with Crippen LogP contribution in [0.15, 0.2) is 24.3 Å². The molecule has 0 saturated heterocycles. The van der Waals surface area contributed by atoms with Crippen LogP contribution in [0.1, 0.15) is 5.56 Å². The fraction of sp³-hybridized carbons (Fsp3) is 0.300. The van der Waals surface area contributed by atoms with E-state index < -0.39 is 0 Å². The van der Waals surface area contributed by atoms with E-state index in [4.69, 9.17) is 16.4 Å². The number of rotatable bonds is 5. The highest BCUT2D eigenvalue weighted by Crippen LogP contribution is 2.09. The van der Waals surface area contributed by atoms with Crippen LogP contribution in [0.2, 0.25) is 5.02 Å². The molecule has 0 heterocycles. The first-order valence-corrected chi connectivity index (χ1v) is 4.74. The molecule has 0 aliphatic rings. The van der Waals surface area contributed by atoms with Crippen molar-refractivity contribution in [1.82, 2.24) is 5.48 Å². The predicted octanol–water partition coefficient (Wildman–Crippen LogP) is 1.53. The number of benzene rings is 1. The van der Waals surface area contributed by atoms with Crippen LogP contribution in [0.4, 0.5) is 0 Å². The van der Waals surface area contributed by atoms with Gasteiger partial charge in [0.1, 0.15) is 0 Å². The molecule has 0 atom stereocenters. The molecule has 0 saturated carbocycles. The summed E-state index contributed by atoms with van der Waals surface area (Å²) in [5, 5.41) is 0.648. The molecule has 0 fully saturated rings. The molecule has 1 N–H and O–H groups in total. The maximum Gasteiger partial charge on any atom is 0.248 e. The van der Waals surface area contributed by atoms with E-state index in [1.54, 1.807) is 24.3 Å². The number of methoxy groups -OCH3 is 1. The van der Waals surface area contributed by atoms with Crippen LogP contribution in [0, 0.1) is 0 Å². The van der Waals surface area contributed by atoms with Gasteiger partial charge in [0.2, 0.25) is 5.91 Å². The number of carbonyl (C=O) groups is 1. The Morgan fingerprint density at radius 1 is 1.40 bits per heavy atom. The van der Waals surface area contributed by atoms with Gasteiger partial charge in [-0.3, -0.25) is 4.79 Å². The van der Waals surface area contributed by atoms with Crippen LogP contribution in [-0.4, -0.2) is 19.8 Å². The Balaban J connectivity index is 2.34. The van der Waals surface area contributed by atoms with Gasteiger partial charge in [-0.25, -0.2) is 10.3 Å². The third kappa shape index (κ3) is 4.78. The lowest BCUT2D eigenvalue weighted by Crippen LogP contribution is -2.26. The number of hydrogen-bond acceptors (Lipinski definition) is 3. The summed E-state index contributed by atoms with van der Waals surface area (Å²) < 4.78 is 4.60. The van der Waals surface area contributed by atoms with E-state index in [9.17, 15) is 4.79 Å². The first-order chi connectivity index (χ1) is 7.22. The minimum atomic E-state index is -0.227. The zero-order valence-electron chi connectivity index (χ0n) is 8.33. The molecular weight excluding hydrogens is 218 g/mol. The van der Waals surface area contributed by atoms with Gasteiger partial charge in [0.15, 0.2) is 6.79 Å². The third-order valence-corrected chi connectivity index (χ3v) is 1.89. The van der Waals surface area contributed by atoms with Crippen molar-refractivity contribution >= 4 is 17.5 Å².